The fourth-order valence-electron chi connectivity index (χ4n) is 2.98. The summed E-state index contributed by atoms with van der Waals surface area (Å²) in [7, 11) is 0. The van der Waals surface area contributed by atoms with E-state index in [4.69, 9.17) is 0 Å². The van der Waals surface area contributed by atoms with E-state index in [1.165, 1.54) is 24.3 Å². The van der Waals surface area contributed by atoms with E-state index in [1.807, 2.05) is 24.3 Å². The molecule has 0 saturated carbocycles. The van der Waals surface area contributed by atoms with Crippen molar-refractivity contribution in [2.45, 2.75) is 0 Å². The Morgan fingerprint density at radius 2 is 1.89 bits per heavy atom. The summed E-state index contributed by atoms with van der Waals surface area (Å²) < 4.78 is 13.0. The van der Waals surface area contributed by atoms with Crippen LogP contribution in [0.15, 0.2) is 71.1 Å². The minimum Gasteiger partial charge on any atom is -0.304 e. The molecule has 2 amide bonds. The zero-order valence-corrected chi connectivity index (χ0v) is 14.9. The van der Waals surface area contributed by atoms with E-state index < -0.39 is 0 Å². The Morgan fingerprint density at radius 1 is 1.15 bits per heavy atom. The number of thioether (sulfide) groups is 1. The second-order valence-corrected chi connectivity index (χ2v) is 6.87. The zero-order chi connectivity index (χ0) is 19.0. The Kier molecular flexibility index (Phi) is 4.37. The Labute approximate surface area is 159 Å². The summed E-state index contributed by atoms with van der Waals surface area (Å²) in [5.41, 5.74) is 2.34. The molecule has 0 unspecified atom stereocenters. The molecule has 0 aliphatic carbocycles. The number of nitrogens with one attached hydrogen (secondary N) is 1. The normalized spacial score (nSPS) is 20.2. The third-order valence-electron chi connectivity index (χ3n) is 4.14. The Hall–Kier alpha value is -3.19. The molecule has 1 saturated heterocycles. The number of aliphatic imine (C=N–C) groups is 1. The average molecular weight is 379 g/mol. The summed E-state index contributed by atoms with van der Waals surface area (Å²) >= 11 is 1.10. The highest BCUT2D eigenvalue weighted by molar-refractivity contribution is 8.18. The average Bonchev–Trinajstić information content (AvgIpc) is 3.15. The van der Waals surface area contributed by atoms with E-state index in [0.29, 0.717) is 33.4 Å². The number of halogens is 1. The lowest BCUT2D eigenvalue weighted by Crippen LogP contribution is -2.27. The van der Waals surface area contributed by atoms with Gasteiger partial charge in [0.15, 0.2) is 5.17 Å². The van der Waals surface area contributed by atoms with Crippen LogP contribution in [0.3, 0.4) is 0 Å². The topological polar surface area (TPSA) is 61.8 Å². The van der Waals surface area contributed by atoms with Crippen molar-refractivity contribution in [1.29, 1.82) is 0 Å². The van der Waals surface area contributed by atoms with Crippen molar-refractivity contribution in [2.75, 3.05) is 11.4 Å². The first-order chi connectivity index (χ1) is 13.1. The molecule has 0 radical (unpaired) electrons. The molecule has 1 N–H and O–H groups in total. The molecular weight excluding hydrogens is 365 g/mol. The van der Waals surface area contributed by atoms with Gasteiger partial charge in [0, 0.05) is 12.1 Å². The van der Waals surface area contributed by atoms with Gasteiger partial charge in [0.25, 0.3) is 11.8 Å². The molecule has 2 aliphatic rings. The number of amidine groups is 1. The summed E-state index contributed by atoms with van der Waals surface area (Å²) in [6.07, 6.45) is 1.64. The second kappa shape index (κ2) is 6.85. The summed E-state index contributed by atoms with van der Waals surface area (Å²) in [5.74, 6) is -0.975. The van der Waals surface area contributed by atoms with Crippen LogP contribution in [0.2, 0.25) is 0 Å². The van der Waals surface area contributed by atoms with Crippen molar-refractivity contribution in [1.82, 2.24) is 5.32 Å². The van der Waals surface area contributed by atoms with Gasteiger partial charge in [0.05, 0.1) is 21.9 Å². The number of hydrogen-bond donors (Lipinski definition) is 1. The molecule has 2 aliphatic heterocycles. The van der Waals surface area contributed by atoms with Crippen LogP contribution in [0, 0.1) is 5.82 Å². The number of amides is 2. The smallest absolute Gasteiger partial charge is 0.264 e. The van der Waals surface area contributed by atoms with Gasteiger partial charge < -0.3 is 10.2 Å². The maximum absolute atomic E-state index is 13.0. The van der Waals surface area contributed by atoms with Crippen LogP contribution >= 0.6 is 11.8 Å². The van der Waals surface area contributed by atoms with Gasteiger partial charge in [0.1, 0.15) is 5.82 Å². The van der Waals surface area contributed by atoms with Crippen molar-refractivity contribution in [2.24, 2.45) is 4.99 Å². The van der Waals surface area contributed by atoms with Crippen molar-refractivity contribution in [3.8, 4) is 0 Å². The van der Waals surface area contributed by atoms with Crippen LogP contribution in [0.1, 0.15) is 5.56 Å². The van der Waals surface area contributed by atoms with Crippen molar-refractivity contribution >= 4 is 45.7 Å². The summed E-state index contributed by atoms with van der Waals surface area (Å²) in [6.45, 7) is 4.05. The third kappa shape index (κ3) is 3.06. The van der Waals surface area contributed by atoms with Crippen molar-refractivity contribution in [3.05, 3.63) is 77.5 Å². The first-order valence-electron chi connectivity index (χ1n) is 8.18. The number of benzene rings is 2. The summed E-state index contributed by atoms with van der Waals surface area (Å²) in [6, 6.07) is 13.0. The Morgan fingerprint density at radius 3 is 2.63 bits per heavy atom. The van der Waals surface area contributed by atoms with Gasteiger partial charge in [-0.1, -0.05) is 24.3 Å². The van der Waals surface area contributed by atoms with Gasteiger partial charge in [-0.25, -0.2) is 9.38 Å². The molecule has 2 aromatic rings. The van der Waals surface area contributed by atoms with Gasteiger partial charge in [-0.15, -0.1) is 6.58 Å². The number of para-hydroxylation sites is 1. The van der Waals surface area contributed by atoms with Crippen molar-refractivity contribution < 1.29 is 14.0 Å². The van der Waals surface area contributed by atoms with Gasteiger partial charge in [-0.3, -0.25) is 9.59 Å². The minimum absolute atomic E-state index is 0.239. The number of carbonyl (C=O) groups excluding carboxylic acids is 2. The first kappa shape index (κ1) is 17.2. The van der Waals surface area contributed by atoms with Gasteiger partial charge >= 0.3 is 0 Å². The highest BCUT2D eigenvalue weighted by Crippen LogP contribution is 2.42. The summed E-state index contributed by atoms with van der Waals surface area (Å²) in [4.78, 5) is 31.7. The molecule has 27 heavy (non-hydrogen) atoms. The lowest BCUT2D eigenvalue weighted by atomic mass is 10.1. The first-order valence-corrected chi connectivity index (χ1v) is 9.00. The molecule has 5 nitrogen and oxygen atoms in total. The Balaban J connectivity index is 1.75. The number of fused-ring (bicyclic) bond motifs is 1. The van der Waals surface area contributed by atoms with Gasteiger partial charge in [-0.2, -0.15) is 0 Å². The number of anilines is 1. The number of carbonyl (C=O) groups is 2. The van der Waals surface area contributed by atoms with E-state index >= 15 is 0 Å². The van der Waals surface area contributed by atoms with E-state index in [-0.39, 0.29) is 17.6 Å². The van der Waals surface area contributed by atoms with E-state index in [2.05, 4.69) is 16.9 Å². The molecule has 4 rings (SSSR count). The minimum atomic E-state index is -0.375. The fourth-order valence-corrected chi connectivity index (χ4v) is 3.91. The standard InChI is InChI=1S/C20H14FN3O2S/c1-2-11-24-15-6-4-3-5-14(15)16(19(24)26)17-18(25)23-20(27-17)22-13-9-7-12(21)8-10-13/h2-10H,1,11H2,(H,22,23,25)/b17-16-. The molecule has 0 aromatic heterocycles. The van der Waals surface area contributed by atoms with E-state index in [9.17, 15) is 14.0 Å². The van der Waals surface area contributed by atoms with Crippen LogP contribution in [-0.4, -0.2) is 23.5 Å². The largest absolute Gasteiger partial charge is 0.304 e. The van der Waals surface area contributed by atoms with Crippen molar-refractivity contribution in [3.63, 3.8) is 0 Å². The second-order valence-electron chi connectivity index (χ2n) is 5.88. The highest BCUT2D eigenvalue weighted by Gasteiger charge is 2.38. The van der Waals surface area contributed by atoms with E-state index in [0.717, 1.165) is 17.4 Å². The lowest BCUT2D eigenvalue weighted by molar-refractivity contribution is -0.116. The van der Waals surface area contributed by atoms with E-state index in [1.54, 1.807) is 11.0 Å². The monoisotopic (exact) mass is 379 g/mol. The molecular formula is C20H14FN3O2S. The lowest BCUT2D eigenvalue weighted by Gasteiger charge is -2.13. The third-order valence-corrected chi connectivity index (χ3v) is 5.12. The zero-order valence-electron chi connectivity index (χ0n) is 14.1. The maximum Gasteiger partial charge on any atom is 0.264 e. The number of hydrogen-bond acceptors (Lipinski definition) is 4. The molecule has 134 valence electrons. The summed E-state index contributed by atoms with van der Waals surface area (Å²) in [5, 5.41) is 3.02. The molecule has 7 heteroatoms. The predicted octanol–water partition coefficient (Wildman–Crippen LogP) is 3.62. The molecule has 1 fully saturated rings. The SMILES string of the molecule is C=CCN1C(=O)/C(=C2\SC(=Nc3ccc(F)cc3)NC2=O)c2ccccc21. The molecule has 2 aromatic carbocycles. The fraction of sp³-hybridized carbons (Fsp3) is 0.0500. The molecule has 0 bridgehead atoms. The maximum atomic E-state index is 13.0. The highest BCUT2D eigenvalue weighted by atomic mass is 32.2. The van der Waals surface area contributed by atoms with Crippen LogP contribution < -0.4 is 10.2 Å². The van der Waals surface area contributed by atoms with Crippen LogP contribution in [-0.2, 0) is 9.59 Å². The Bertz CT molecular complexity index is 1030. The van der Waals surface area contributed by atoms with Gasteiger partial charge in [0.2, 0.25) is 0 Å². The van der Waals surface area contributed by atoms with Crippen LogP contribution in [0.25, 0.3) is 5.57 Å². The molecule has 2 heterocycles. The number of rotatable bonds is 3. The van der Waals surface area contributed by atoms with Gasteiger partial charge in [-0.05, 0) is 42.1 Å². The predicted molar refractivity (Wildman–Crippen MR) is 105 cm³/mol. The number of nitrogens with zero attached hydrogens (tertiary/aromatic N) is 2. The molecule has 0 atom stereocenters. The van der Waals surface area contributed by atoms with Crippen LogP contribution in [0.4, 0.5) is 15.8 Å². The van der Waals surface area contributed by atoms with Crippen LogP contribution in [0.5, 0.6) is 0 Å². The quantitative estimate of drug-likeness (QED) is 0.655. The molecule has 0 spiro atoms.